The van der Waals surface area contributed by atoms with Crippen molar-refractivity contribution in [2.45, 2.75) is 18.7 Å². The van der Waals surface area contributed by atoms with Crippen LogP contribution in [0.25, 0.3) is 0 Å². The minimum absolute atomic E-state index is 0.438. The van der Waals surface area contributed by atoms with Gasteiger partial charge in [-0.2, -0.15) is 0 Å². The number of rotatable bonds is 1. The molecule has 86 valence electrons. The molecular formula is C9H11F3O2S. The first-order valence-corrected chi connectivity index (χ1v) is 6.06. The van der Waals surface area contributed by atoms with Gasteiger partial charge in [0.2, 0.25) is 0 Å². The molecule has 0 unspecified atom stereocenters. The minimum atomic E-state index is -3.71. The Morgan fingerprint density at radius 3 is 1.60 bits per heavy atom. The summed E-state index contributed by atoms with van der Waals surface area (Å²) < 4.78 is 58.9. The Bertz CT molecular complexity index is 418. The van der Waals surface area contributed by atoms with E-state index in [4.69, 9.17) is 0 Å². The van der Waals surface area contributed by atoms with E-state index in [2.05, 4.69) is 0 Å². The molecule has 1 aromatic carbocycles. The molecule has 0 aliphatic carbocycles. The third-order valence-corrected chi connectivity index (χ3v) is 2.48. The molecule has 6 heteroatoms. The van der Waals surface area contributed by atoms with Crippen LogP contribution in [0.4, 0.5) is 13.2 Å². The molecule has 0 atom stereocenters. The van der Waals surface area contributed by atoms with E-state index in [1.54, 1.807) is 0 Å². The Labute approximate surface area is 86.7 Å². The second-order valence-corrected chi connectivity index (χ2v) is 4.49. The van der Waals surface area contributed by atoms with Crippen LogP contribution in [-0.2, 0) is 9.84 Å². The second-order valence-electron chi connectivity index (χ2n) is 2.47. The molecule has 0 amide bonds. The molecule has 2 nitrogen and oxygen atoms in total. The number of sulfone groups is 1. The molecule has 0 N–H and O–H groups in total. The highest BCUT2D eigenvalue weighted by molar-refractivity contribution is 7.90. The largest absolute Gasteiger partial charge is 0.224 e. The summed E-state index contributed by atoms with van der Waals surface area (Å²) in [5.74, 6) is -4.70. The lowest BCUT2D eigenvalue weighted by Gasteiger charge is -1.99. The summed E-state index contributed by atoms with van der Waals surface area (Å²) in [6, 6.07) is 0.876. The Morgan fingerprint density at radius 1 is 1.00 bits per heavy atom. The average molecular weight is 240 g/mol. The number of halogens is 3. The van der Waals surface area contributed by atoms with Gasteiger partial charge in [0.1, 0.15) is 0 Å². The van der Waals surface area contributed by atoms with Gasteiger partial charge in [0, 0.05) is 6.26 Å². The normalized spacial score (nSPS) is 10.5. The lowest BCUT2D eigenvalue weighted by atomic mass is 10.3. The van der Waals surface area contributed by atoms with Crippen LogP contribution in [0.5, 0.6) is 0 Å². The van der Waals surface area contributed by atoms with E-state index in [0.29, 0.717) is 12.1 Å². The monoisotopic (exact) mass is 240 g/mol. The van der Waals surface area contributed by atoms with Crippen LogP contribution in [0, 0.1) is 17.5 Å². The summed E-state index contributed by atoms with van der Waals surface area (Å²) in [6.07, 6.45) is 0.777. The SMILES string of the molecule is CC.CS(=O)(=O)c1cc(F)c(F)c(F)c1. The maximum atomic E-state index is 12.5. The van der Waals surface area contributed by atoms with E-state index in [1.165, 1.54) is 0 Å². The van der Waals surface area contributed by atoms with Crippen molar-refractivity contribution in [3.63, 3.8) is 0 Å². The van der Waals surface area contributed by atoms with E-state index >= 15 is 0 Å². The first-order chi connectivity index (χ1) is 6.82. The van der Waals surface area contributed by atoms with E-state index in [0.717, 1.165) is 6.26 Å². The highest BCUT2D eigenvalue weighted by Crippen LogP contribution is 2.16. The van der Waals surface area contributed by atoms with Crippen molar-refractivity contribution in [2.75, 3.05) is 6.26 Å². The average Bonchev–Trinajstić information content (AvgIpc) is 2.15. The van der Waals surface area contributed by atoms with Gasteiger partial charge in [-0.05, 0) is 12.1 Å². The van der Waals surface area contributed by atoms with E-state index in [-0.39, 0.29) is 0 Å². The fraction of sp³-hybridized carbons (Fsp3) is 0.333. The molecule has 0 heterocycles. The van der Waals surface area contributed by atoms with Crippen molar-refractivity contribution in [2.24, 2.45) is 0 Å². The van der Waals surface area contributed by atoms with Crippen molar-refractivity contribution in [1.82, 2.24) is 0 Å². The van der Waals surface area contributed by atoms with Crippen LogP contribution in [0.1, 0.15) is 13.8 Å². The van der Waals surface area contributed by atoms with Crippen molar-refractivity contribution < 1.29 is 21.6 Å². The molecule has 0 saturated heterocycles. The molecular weight excluding hydrogens is 229 g/mol. The van der Waals surface area contributed by atoms with E-state index in [1.807, 2.05) is 13.8 Å². The van der Waals surface area contributed by atoms with Crippen molar-refractivity contribution in [1.29, 1.82) is 0 Å². The fourth-order valence-electron chi connectivity index (χ4n) is 0.746. The van der Waals surface area contributed by atoms with Gasteiger partial charge in [-0.15, -0.1) is 0 Å². The number of hydrogen-bond donors (Lipinski definition) is 0. The molecule has 0 aliphatic rings. The molecule has 0 aromatic heterocycles. The third kappa shape index (κ3) is 3.54. The summed E-state index contributed by atoms with van der Waals surface area (Å²) in [6.45, 7) is 4.00. The lowest BCUT2D eigenvalue weighted by Crippen LogP contribution is -2.01. The van der Waals surface area contributed by atoms with Crippen LogP contribution in [-0.4, -0.2) is 14.7 Å². The molecule has 0 spiro atoms. The first kappa shape index (κ1) is 14.0. The minimum Gasteiger partial charge on any atom is -0.224 e. The van der Waals surface area contributed by atoms with Gasteiger partial charge in [0.25, 0.3) is 0 Å². The molecule has 1 rings (SSSR count). The number of hydrogen-bond acceptors (Lipinski definition) is 2. The topological polar surface area (TPSA) is 34.1 Å². The van der Waals surface area contributed by atoms with Gasteiger partial charge < -0.3 is 0 Å². The third-order valence-electron chi connectivity index (χ3n) is 1.39. The molecule has 1 aromatic rings. The smallest absolute Gasteiger partial charge is 0.194 e. The van der Waals surface area contributed by atoms with Gasteiger partial charge in [-0.3, -0.25) is 0 Å². The predicted octanol–water partition coefficient (Wildman–Crippen LogP) is 2.53. The molecule has 0 bridgehead atoms. The number of benzene rings is 1. The summed E-state index contributed by atoms with van der Waals surface area (Å²) in [5, 5.41) is 0. The molecule has 0 aliphatic heterocycles. The Kier molecular flexibility index (Phi) is 4.80. The van der Waals surface area contributed by atoms with Gasteiger partial charge >= 0.3 is 0 Å². The maximum absolute atomic E-state index is 12.5. The standard InChI is InChI=1S/C7H5F3O2S.C2H6/c1-13(11,12)4-2-5(8)7(10)6(9)3-4;1-2/h2-3H,1H3;1-2H3. The summed E-state index contributed by atoms with van der Waals surface area (Å²) in [5.41, 5.74) is 0. The Hall–Kier alpha value is -1.04. The van der Waals surface area contributed by atoms with Gasteiger partial charge in [0.05, 0.1) is 4.90 Å². The quantitative estimate of drug-likeness (QED) is 0.558. The fourth-order valence-corrected chi connectivity index (χ4v) is 1.38. The zero-order valence-corrected chi connectivity index (χ0v) is 9.33. The lowest BCUT2D eigenvalue weighted by molar-refractivity contribution is 0.442. The van der Waals surface area contributed by atoms with Crippen LogP contribution < -0.4 is 0 Å². The van der Waals surface area contributed by atoms with Crippen molar-refractivity contribution >= 4 is 9.84 Å². The summed E-state index contributed by atoms with van der Waals surface area (Å²) in [4.78, 5) is -0.580. The molecule has 0 radical (unpaired) electrons. The van der Waals surface area contributed by atoms with Crippen LogP contribution in [0.15, 0.2) is 17.0 Å². The molecule has 0 fully saturated rings. The summed E-state index contributed by atoms with van der Waals surface area (Å²) in [7, 11) is -3.71. The van der Waals surface area contributed by atoms with Crippen molar-refractivity contribution in [3.8, 4) is 0 Å². The highest BCUT2D eigenvalue weighted by Gasteiger charge is 2.15. The van der Waals surface area contributed by atoms with Gasteiger partial charge in [-0.1, -0.05) is 13.8 Å². The Morgan fingerprint density at radius 2 is 1.33 bits per heavy atom. The van der Waals surface area contributed by atoms with E-state index < -0.39 is 32.2 Å². The van der Waals surface area contributed by atoms with Gasteiger partial charge in [0.15, 0.2) is 27.3 Å². The molecule has 0 saturated carbocycles. The predicted molar refractivity (Wildman–Crippen MR) is 50.8 cm³/mol. The van der Waals surface area contributed by atoms with Crippen LogP contribution in [0.2, 0.25) is 0 Å². The van der Waals surface area contributed by atoms with Crippen LogP contribution >= 0.6 is 0 Å². The summed E-state index contributed by atoms with van der Waals surface area (Å²) >= 11 is 0. The zero-order valence-electron chi connectivity index (χ0n) is 8.51. The van der Waals surface area contributed by atoms with Crippen LogP contribution in [0.3, 0.4) is 0 Å². The van der Waals surface area contributed by atoms with E-state index in [9.17, 15) is 21.6 Å². The second kappa shape index (κ2) is 5.16. The zero-order chi connectivity index (χ0) is 12.2. The first-order valence-electron chi connectivity index (χ1n) is 4.17. The highest BCUT2D eigenvalue weighted by atomic mass is 32.2. The van der Waals surface area contributed by atoms with Crippen molar-refractivity contribution in [3.05, 3.63) is 29.6 Å². The Balaban J connectivity index is 0.000000921. The molecule has 15 heavy (non-hydrogen) atoms. The van der Waals surface area contributed by atoms with Gasteiger partial charge in [-0.25, -0.2) is 21.6 Å². The maximum Gasteiger partial charge on any atom is 0.194 e.